The van der Waals surface area contributed by atoms with Crippen LogP contribution in [0.5, 0.6) is 0 Å². The molecule has 9 heteroatoms. The molecule has 1 amide bonds. The summed E-state index contributed by atoms with van der Waals surface area (Å²) in [6, 6.07) is 19.9. The Morgan fingerprint density at radius 1 is 1.00 bits per heavy atom. The van der Waals surface area contributed by atoms with Crippen LogP contribution in [0.1, 0.15) is 30.5 Å². The lowest BCUT2D eigenvalue weighted by molar-refractivity contribution is -0.384. The molecule has 4 rings (SSSR count). The van der Waals surface area contributed by atoms with E-state index in [9.17, 15) is 14.9 Å². The number of aromatic nitrogens is 1. The zero-order valence-electron chi connectivity index (χ0n) is 20.4. The van der Waals surface area contributed by atoms with Gasteiger partial charge in [0.05, 0.1) is 22.0 Å². The first-order valence-corrected chi connectivity index (χ1v) is 12.1. The van der Waals surface area contributed by atoms with E-state index in [1.165, 1.54) is 30.4 Å². The topological polar surface area (TPSA) is 102 Å². The number of nitro groups is 1. The van der Waals surface area contributed by atoms with E-state index in [4.69, 9.17) is 10.1 Å². The predicted octanol–water partition coefficient (Wildman–Crippen LogP) is 6.20. The van der Waals surface area contributed by atoms with Crippen LogP contribution in [0.15, 0.2) is 82.2 Å². The van der Waals surface area contributed by atoms with Crippen LogP contribution in [0.3, 0.4) is 0 Å². The number of nitrogens with zero attached hydrogens (tertiary/aromatic N) is 4. The molecule has 0 radical (unpaired) electrons. The van der Waals surface area contributed by atoms with E-state index >= 15 is 0 Å². The molecule has 0 aliphatic carbocycles. The van der Waals surface area contributed by atoms with Gasteiger partial charge in [-0.2, -0.15) is 5.10 Å². The van der Waals surface area contributed by atoms with Gasteiger partial charge in [-0.25, -0.2) is 9.67 Å². The number of carbonyl (C=O) groups excluding carboxylic acids is 1. The molecule has 4 aromatic rings. The van der Waals surface area contributed by atoms with Crippen molar-refractivity contribution >= 4 is 40.0 Å². The summed E-state index contributed by atoms with van der Waals surface area (Å²) in [5.41, 5.74) is 6.47. The number of hydrogen-bond donors (Lipinski definition) is 1. The number of rotatable bonds is 6. The lowest BCUT2D eigenvalue weighted by Crippen LogP contribution is -2.14. The van der Waals surface area contributed by atoms with Crippen LogP contribution in [-0.2, 0) is 4.79 Å². The third-order valence-corrected chi connectivity index (χ3v) is 6.35. The number of carbonyl (C=O) groups is 1. The number of thiazole rings is 1. The van der Waals surface area contributed by atoms with Crippen LogP contribution in [0.25, 0.3) is 11.3 Å². The molecule has 8 nitrogen and oxygen atoms in total. The van der Waals surface area contributed by atoms with Crippen molar-refractivity contribution in [2.45, 2.75) is 27.7 Å². The minimum Gasteiger partial charge on any atom is -0.326 e. The maximum Gasteiger partial charge on any atom is 0.270 e. The molecular weight excluding hydrogens is 474 g/mol. The second kappa shape index (κ2) is 10.5. The van der Waals surface area contributed by atoms with Crippen LogP contribution < -0.4 is 10.1 Å². The normalized spacial score (nSPS) is 12.0. The maximum absolute atomic E-state index is 11.5. The fraction of sp³-hybridized carbons (Fsp3) is 0.148. The summed E-state index contributed by atoms with van der Waals surface area (Å²) in [6.07, 6.45) is 0. The largest absolute Gasteiger partial charge is 0.326 e. The van der Waals surface area contributed by atoms with Crippen molar-refractivity contribution in [2.24, 2.45) is 10.1 Å². The summed E-state index contributed by atoms with van der Waals surface area (Å²) in [7, 11) is 0. The zero-order chi connectivity index (χ0) is 25.8. The molecule has 0 spiro atoms. The van der Waals surface area contributed by atoms with Crippen LogP contribution in [0.2, 0.25) is 0 Å². The number of benzene rings is 3. The van der Waals surface area contributed by atoms with Gasteiger partial charge in [-0.15, -0.1) is 11.3 Å². The minimum atomic E-state index is -0.412. The first-order valence-electron chi connectivity index (χ1n) is 11.2. The van der Waals surface area contributed by atoms with E-state index in [1.54, 1.807) is 10.7 Å². The summed E-state index contributed by atoms with van der Waals surface area (Å²) in [5, 5.41) is 21.0. The molecule has 0 bridgehead atoms. The highest BCUT2D eigenvalue weighted by atomic mass is 32.1. The molecule has 1 aromatic heterocycles. The van der Waals surface area contributed by atoms with E-state index < -0.39 is 4.92 Å². The Labute approximate surface area is 212 Å². The number of amides is 1. The van der Waals surface area contributed by atoms with Crippen LogP contribution in [0, 0.1) is 24.0 Å². The summed E-state index contributed by atoms with van der Waals surface area (Å²) in [6.45, 7) is 7.35. The molecule has 0 aliphatic heterocycles. The Hall–Kier alpha value is -4.37. The fourth-order valence-corrected chi connectivity index (χ4v) is 4.60. The first-order chi connectivity index (χ1) is 17.2. The van der Waals surface area contributed by atoms with E-state index in [2.05, 4.69) is 5.32 Å². The molecule has 1 heterocycles. The van der Waals surface area contributed by atoms with E-state index in [-0.39, 0.29) is 11.6 Å². The van der Waals surface area contributed by atoms with Crippen molar-refractivity contribution in [3.05, 3.63) is 104 Å². The van der Waals surface area contributed by atoms with Crippen molar-refractivity contribution in [3.63, 3.8) is 0 Å². The number of nitrogens with one attached hydrogen (secondary N) is 1. The smallest absolute Gasteiger partial charge is 0.270 e. The molecule has 0 aliphatic rings. The average Bonchev–Trinajstić information content (AvgIpc) is 3.23. The van der Waals surface area contributed by atoms with Crippen molar-refractivity contribution < 1.29 is 9.72 Å². The van der Waals surface area contributed by atoms with Crippen molar-refractivity contribution in [3.8, 4) is 11.3 Å². The lowest BCUT2D eigenvalue weighted by atomic mass is 10.1. The molecule has 0 saturated carbocycles. The van der Waals surface area contributed by atoms with Gasteiger partial charge in [0.2, 0.25) is 10.7 Å². The van der Waals surface area contributed by atoms with Gasteiger partial charge in [0.15, 0.2) is 0 Å². The number of para-hydroxylation sites is 1. The Kier molecular flexibility index (Phi) is 7.21. The quantitative estimate of drug-likeness (QED) is 0.194. The molecule has 0 saturated heterocycles. The fourth-order valence-electron chi connectivity index (χ4n) is 3.76. The average molecular weight is 500 g/mol. The van der Waals surface area contributed by atoms with E-state index in [1.807, 2.05) is 74.7 Å². The van der Waals surface area contributed by atoms with Crippen LogP contribution in [0.4, 0.5) is 17.1 Å². The number of non-ortho nitro benzene ring substituents is 1. The summed E-state index contributed by atoms with van der Waals surface area (Å²) < 4.78 is 1.72. The Morgan fingerprint density at radius 3 is 2.39 bits per heavy atom. The number of aryl methyl sites for hydroxylation is 2. The summed E-state index contributed by atoms with van der Waals surface area (Å²) in [4.78, 5) is 28.0. The van der Waals surface area contributed by atoms with Gasteiger partial charge in [0.25, 0.3) is 5.69 Å². The molecule has 3 aromatic carbocycles. The molecule has 36 heavy (non-hydrogen) atoms. The second-order valence-electron chi connectivity index (χ2n) is 8.32. The lowest BCUT2D eigenvalue weighted by Gasteiger charge is -2.09. The third kappa shape index (κ3) is 5.47. The Morgan fingerprint density at radius 2 is 1.69 bits per heavy atom. The summed E-state index contributed by atoms with van der Waals surface area (Å²) >= 11 is 1.41. The highest BCUT2D eigenvalue weighted by molar-refractivity contribution is 7.07. The molecule has 0 atom stereocenters. The predicted molar refractivity (Wildman–Crippen MR) is 144 cm³/mol. The highest BCUT2D eigenvalue weighted by Crippen LogP contribution is 2.27. The van der Waals surface area contributed by atoms with Gasteiger partial charge in [-0.1, -0.05) is 42.5 Å². The minimum absolute atomic E-state index is 0.00203. The van der Waals surface area contributed by atoms with Gasteiger partial charge < -0.3 is 5.32 Å². The Balaban J connectivity index is 1.92. The number of anilines is 1. The molecule has 0 fully saturated rings. The van der Waals surface area contributed by atoms with Crippen molar-refractivity contribution in [2.75, 3.05) is 5.32 Å². The van der Waals surface area contributed by atoms with Crippen LogP contribution >= 0.6 is 11.3 Å². The van der Waals surface area contributed by atoms with Gasteiger partial charge in [0.1, 0.15) is 0 Å². The van der Waals surface area contributed by atoms with Gasteiger partial charge >= 0.3 is 0 Å². The van der Waals surface area contributed by atoms with E-state index in [0.717, 1.165) is 22.4 Å². The second-order valence-corrected chi connectivity index (χ2v) is 9.16. The molecular formula is C27H25N5O3S. The van der Waals surface area contributed by atoms with Crippen LogP contribution in [-0.4, -0.2) is 21.2 Å². The number of hydrogen-bond acceptors (Lipinski definition) is 6. The van der Waals surface area contributed by atoms with Crippen molar-refractivity contribution in [1.82, 2.24) is 4.68 Å². The molecule has 182 valence electrons. The maximum atomic E-state index is 11.5. The van der Waals surface area contributed by atoms with Gasteiger partial charge in [-0.3, -0.25) is 14.9 Å². The Bertz CT molecular complexity index is 1550. The van der Waals surface area contributed by atoms with Gasteiger partial charge in [-0.05, 0) is 49.6 Å². The SMILES string of the molecule is CC(=O)Nc1cccc(/C(C)=N/n2c(-c3cccc([N+](=O)[O-])c3)csc2=Nc2c(C)cccc2C)c1. The third-order valence-electron chi connectivity index (χ3n) is 5.54. The first kappa shape index (κ1) is 24.7. The zero-order valence-corrected chi connectivity index (χ0v) is 21.2. The van der Waals surface area contributed by atoms with Crippen molar-refractivity contribution in [1.29, 1.82) is 0 Å². The molecule has 1 N–H and O–H groups in total. The standard InChI is InChI=1S/C27H25N5O3S/c1-17-8-5-9-18(2)26(17)29-27-31(25(16-36-27)22-11-7-13-24(15-22)32(34)35)30-19(3)21-10-6-12-23(14-21)28-20(4)33/h5-16H,1-4H3,(H,28,33)/b29-27?,30-19+. The van der Waals surface area contributed by atoms with Gasteiger partial charge in [0, 0.05) is 35.7 Å². The monoisotopic (exact) mass is 499 g/mol. The van der Waals surface area contributed by atoms with E-state index in [0.29, 0.717) is 27.5 Å². The highest BCUT2D eigenvalue weighted by Gasteiger charge is 2.14. The molecule has 0 unspecified atom stereocenters. The summed E-state index contributed by atoms with van der Waals surface area (Å²) in [5.74, 6) is -0.156. The number of nitro benzene ring substituents is 1.